The van der Waals surface area contributed by atoms with Crippen LogP contribution in [0, 0.1) is 0 Å². The number of hydrogen-bond donors (Lipinski definition) is 2. The Hall–Kier alpha value is -4.00. The van der Waals surface area contributed by atoms with Crippen LogP contribution in [0.3, 0.4) is 0 Å². The molecule has 3 aromatic carbocycles. The van der Waals surface area contributed by atoms with Gasteiger partial charge in [0.25, 0.3) is 0 Å². The van der Waals surface area contributed by atoms with Crippen LogP contribution in [0.25, 0.3) is 39.3 Å². The standard InChI is InChI=1S/C30H29N5O/c36-21-20-33-16-18-34(19-17-33)27-22-26(23-10-4-1-5-11-23)31-30-28(24-12-6-2-7-13-24)29(32-35(27)30)25-14-8-3-9-15-25/h1-15,22,36H,16-21H2/p+1. The number of anilines is 1. The maximum atomic E-state index is 9.40. The minimum Gasteiger partial charge on any atom is -0.391 e. The van der Waals surface area contributed by atoms with Gasteiger partial charge in [-0.05, 0) is 5.56 Å². The highest BCUT2D eigenvalue weighted by Gasteiger charge is 2.26. The Labute approximate surface area is 211 Å². The smallest absolute Gasteiger partial charge is 0.166 e. The Balaban J connectivity index is 1.59. The van der Waals surface area contributed by atoms with Gasteiger partial charge in [0.2, 0.25) is 0 Å². The molecule has 180 valence electrons. The monoisotopic (exact) mass is 476 g/mol. The Kier molecular flexibility index (Phi) is 6.20. The van der Waals surface area contributed by atoms with E-state index >= 15 is 0 Å². The van der Waals surface area contributed by atoms with E-state index in [2.05, 4.69) is 83.8 Å². The highest BCUT2D eigenvalue weighted by Crippen LogP contribution is 2.37. The molecule has 3 heterocycles. The molecule has 0 atom stereocenters. The predicted octanol–water partition coefficient (Wildman–Crippen LogP) is 3.43. The van der Waals surface area contributed by atoms with Crippen LogP contribution < -0.4 is 9.80 Å². The second-order valence-corrected chi connectivity index (χ2v) is 9.27. The molecule has 2 N–H and O–H groups in total. The first-order valence-electron chi connectivity index (χ1n) is 12.6. The summed E-state index contributed by atoms with van der Waals surface area (Å²) in [7, 11) is 0. The number of aliphatic hydroxyl groups is 1. The van der Waals surface area contributed by atoms with Crippen LogP contribution in [0.15, 0.2) is 97.1 Å². The number of fused-ring (bicyclic) bond motifs is 1. The number of aliphatic hydroxyl groups excluding tert-OH is 1. The van der Waals surface area contributed by atoms with E-state index in [1.165, 1.54) is 4.90 Å². The number of nitrogens with zero attached hydrogens (tertiary/aromatic N) is 4. The third kappa shape index (κ3) is 4.26. The molecule has 0 amide bonds. The van der Waals surface area contributed by atoms with Crippen molar-refractivity contribution < 1.29 is 10.0 Å². The molecule has 36 heavy (non-hydrogen) atoms. The van der Waals surface area contributed by atoms with E-state index in [9.17, 15) is 5.11 Å². The van der Waals surface area contributed by atoms with Gasteiger partial charge in [0.15, 0.2) is 5.65 Å². The molecule has 0 radical (unpaired) electrons. The van der Waals surface area contributed by atoms with E-state index in [1.807, 2.05) is 22.7 Å². The molecule has 5 aromatic rings. The molecule has 1 saturated heterocycles. The first-order valence-corrected chi connectivity index (χ1v) is 12.6. The highest BCUT2D eigenvalue weighted by molar-refractivity contribution is 5.92. The second-order valence-electron chi connectivity index (χ2n) is 9.27. The molecule has 2 aromatic heterocycles. The molecule has 6 rings (SSSR count). The van der Waals surface area contributed by atoms with E-state index in [4.69, 9.17) is 10.1 Å². The number of nitrogens with one attached hydrogen (secondary N) is 1. The summed E-state index contributed by atoms with van der Waals surface area (Å²) < 4.78 is 2.04. The lowest BCUT2D eigenvalue weighted by Gasteiger charge is -2.33. The number of piperazine rings is 1. The maximum absolute atomic E-state index is 9.40. The molecule has 1 aliphatic rings. The van der Waals surface area contributed by atoms with E-state index in [0.29, 0.717) is 0 Å². The molecule has 0 bridgehead atoms. The lowest BCUT2D eigenvalue weighted by Crippen LogP contribution is -3.15. The van der Waals surface area contributed by atoms with Gasteiger partial charge in [0.1, 0.15) is 18.1 Å². The van der Waals surface area contributed by atoms with Crippen LogP contribution >= 0.6 is 0 Å². The van der Waals surface area contributed by atoms with Gasteiger partial charge in [-0.3, -0.25) is 0 Å². The molecular formula is C30H30N5O+. The lowest BCUT2D eigenvalue weighted by atomic mass is 10.0. The van der Waals surface area contributed by atoms with Gasteiger partial charge in [0.05, 0.1) is 44.0 Å². The van der Waals surface area contributed by atoms with Crippen molar-refractivity contribution >= 4 is 11.5 Å². The van der Waals surface area contributed by atoms with Crippen molar-refractivity contribution in [2.45, 2.75) is 0 Å². The average Bonchev–Trinajstić information content (AvgIpc) is 3.34. The van der Waals surface area contributed by atoms with E-state index < -0.39 is 0 Å². The normalized spacial score (nSPS) is 14.4. The number of hydrogen-bond acceptors (Lipinski definition) is 4. The zero-order valence-corrected chi connectivity index (χ0v) is 20.2. The number of quaternary nitrogens is 1. The SMILES string of the molecule is OCC[NH+]1CCN(c2cc(-c3ccccc3)nc3c(-c4ccccc4)c(-c4ccccc4)nn23)CC1. The maximum Gasteiger partial charge on any atom is 0.166 e. The van der Waals surface area contributed by atoms with Crippen LogP contribution in [0.2, 0.25) is 0 Å². The summed E-state index contributed by atoms with van der Waals surface area (Å²) in [6.45, 7) is 4.82. The first-order chi connectivity index (χ1) is 17.8. The molecule has 0 saturated carbocycles. The van der Waals surface area contributed by atoms with Crippen LogP contribution in [0.4, 0.5) is 5.82 Å². The summed E-state index contributed by atoms with van der Waals surface area (Å²) in [5, 5.41) is 14.6. The van der Waals surface area contributed by atoms with Crippen molar-refractivity contribution in [3.05, 3.63) is 97.1 Å². The zero-order valence-electron chi connectivity index (χ0n) is 20.2. The van der Waals surface area contributed by atoms with E-state index in [0.717, 1.165) is 77.8 Å². The molecule has 0 aliphatic carbocycles. The fraction of sp³-hybridized carbons (Fsp3) is 0.200. The summed E-state index contributed by atoms with van der Waals surface area (Å²) in [5.41, 5.74) is 7.06. The molecule has 0 spiro atoms. The Morgan fingerprint density at radius 3 is 1.94 bits per heavy atom. The van der Waals surface area contributed by atoms with Crippen molar-refractivity contribution in [3.63, 3.8) is 0 Å². The summed E-state index contributed by atoms with van der Waals surface area (Å²) in [6, 6.07) is 33.4. The number of benzene rings is 3. The van der Waals surface area contributed by atoms with Crippen molar-refractivity contribution in [2.75, 3.05) is 44.2 Å². The van der Waals surface area contributed by atoms with Crippen molar-refractivity contribution in [1.82, 2.24) is 14.6 Å². The molecule has 1 aliphatic heterocycles. The first kappa shape index (κ1) is 22.5. The largest absolute Gasteiger partial charge is 0.391 e. The minimum atomic E-state index is 0.229. The summed E-state index contributed by atoms with van der Waals surface area (Å²) in [4.78, 5) is 9.06. The van der Waals surface area contributed by atoms with Crippen LogP contribution in [0.1, 0.15) is 0 Å². The molecule has 6 nitrogen and oxygen atoms in total. The molecular weight excluding hydrogens is 446 g/mol. The molecule has 0 unspecified atom stereocenters. The summed E-state index contributed by atoms with van der Waals surface area (Å²) in [6.07, 6.45) is 0. The Morgan fingerprint density at radius 2 is 1.33 bits per heavy atom. The van der Waals surface area contributed by atoms with Gasteiger partial charge in [0, 0.05) is 17.2 Å². The van der Waals surface area contributed by atoms with E-state index in [-0.39, 0.29) is 6.61 Å². The molecule has 6 heteroatoms. The summed E-state index contributed by atoms with van der Waals surface area (Å²) in [5.74, 6) is 1.06. The van der Waals surface area contributed by atoms with Gasteiger partial charge in [-0.15, -0.1) is 0 Å². The Morgan fingerprint density at radius 1 is 0.750 bits per heavy atom. The van der Waals surface area contributed by atoms with Crippen molar-refractivity contribution in [1.29, 1.82) is 0 Å². The quantitative estimate of drug-likeness (QED) is 0.394. The highest BCUT2D eigenvalue weighted by atomic mass is 16.3. The predicted molar refractivity (Wildman–Crippen MR) is 144 cm³/mol. The topological polar surface area (TPSA) is 58.1 Å². The van der Waals surface area contributed by atoms with Crippen LogP contribution in [-0.4, -0.2) is 59.0 Å². The third-order valence-electron chi connectivity index (χ3n) is 7.01. The van der Waals surface area contributed by atoms with Gasteiger partial charge in [-0.2, -0.15) is 9.61 Å². The van der Waals surface area contributed by atoms with Gasteiger partial charge in [-0.1, -0.05) is 91.0 Å². The Bertz CT molecular complexity index is 1440. The number of rotatable bonds is 6. The fourth-order valence-electron chi connectivity index (χ4n) is 5.11. The third-order valence-corrected chi connectivity index (χ3v) is 7.01. The second kappa shape index (κ2) is 9.93. The zero-order chi connectivity index (χ0) is 24.3. The average molecular weight is 477 g/mol. The number of aromatic nitrogens is 3. The van der Waals surface area contributed by atoms with Crippen molar-refractivity contribution in [3.8, 4) is 33.6 Å². The van der Waals surface area contributed by atoms with Crippen LogP contribution in [-0.2, 0) is 0 Å². The van der Waals surface area contributed by atoms with Gasteiger partial charge < -0.3 is 14.9 Å². The summed E-state index contributed by atoms with van der Waals surface area (Å²) >= 11 is 0. The van der Waals surface area contributed by atoms with Crippen LogP contribution in [0.5, 0.6) is 0 Å². The lowest BCUT2D eigenvalue weighted by molar-refractivity contribution is -0.900. The van der Waals surface area contributed by atoms with Gasteiger partial charge >= 0.3 is 0 Å². The molecule has 1 fully saturated rings. The van der Waals surface area contributed by atoms with E-state index in [1.54, 1.807) is 0 Å². The minimum absolute atomic E-state index is 0.229. The fourth-order valence-corrected chi connectivity index (χ4v) is 5.11. The van der Waals surface area contributed by atoms with Crippen molar-refractivity contribution in [2.24, 2.45) is 0 Å². The van der Waals surface area contributed by atoms with Gasteiger partial charge in [-0.25, -0.2) is 4.98 Å².